The molecule has 0 aliphatic heterocycles. The standard InChI is InChI=1S/C17H22NO/c1-17(2,3)16(13-7-5-6-8-13)18-14-9-11-15(19-4)12-10-14/h5-13,16H,1-4H3/t16-/m1/s1. The molecule has 1 aromatic rings. The molecule has 1 atom stereocenters. The van der Waals surface area contributed by atoms with Crippen molar-refractivity contribution in [3.8, 4) is 5.75 Å². The average molecular weight is 256 g/mol. The highest BCUT2D eigenvalue weighted by Gasteiger charge is 2.31. The number of benzene rings is 1. The maximum atomic E-state index is 5.18. The predicted octanol–water partition coefficient (Wildman–Crippen LogP) is 4.09. The lowest BCUT2D eigenvalue weighted by molar-refractivity contribution is 0.258. The van der Waals surface area contributed by atoms with Crippen molar-refractivity contribution in [1.82, 2.24) is 5.32 Å². The maximum absolute atomic E-state index is 5.18. The Bertz CT molecular complexity index is 453. The maximum Gasteiger partial charge on any atom is 0.119 e. The fraction of sp³-hybridized carbons (Fsp3) is 0.412. The zero-order valence-electron chi connectivity index (χ0n) is 12.1. The van der Waals surface area contributed by atoms with Gasteiger partial charge in [0.05, 0.1) is 18.8 Å². The summed E-state index contributed by atoms with van der Waals surface area (Å²) in [5.41, 5.74) is 1.14. The molecule has 1 aliphatic rings. The highest BCUT2D eigenvalue weighted by molar-refractivity contribution is 5.41. The summed E-state index contributed by atoms with van der Waals surface area (Å²) in [6.07, 6.45) is 8.66. The Balaban J connectivity index is 2.15. The molecule has 0 fully saturated rings. The van der Waals surface area contributed by atoms with Crippen LogP contribution in [-0.2, 0) is 0 Å². The monoisotopic (exact) mass is 256 g/mol. The first-order chi connectivity index (χ1) is 9.00. The van der Waals surface area contributed by atoms with Gasteiger partial charge in [-0.15, -0.1) is 0 Å². The molecule has 101 valence electrons. The van der Waals surface area contributed by atoms with E-state index in [9.17, 15) is 0 Å². The van der Waals surface area contributed by atoms with E-state index >= 15 is 0 Å². The normalized spacial score (nSPS) is 16.6. The van der Waals surface area contributed by atoms with Crippen LogP contribution < -0.4 is 10.1 Å². The van der Waals surface area contributed by atoms with Crippen LogP contribution >= 0.6 is 0 Å². The Morgan fingerprint density at radius 2 is 1.63 bits per heavy atom. The van der Waals surface area contributed by atoms with Crippen LogP contribution in [0.15, 0.2) is 48.6 Å². The Hall–Kier alpha value is -1.70. The number of ether oxygens (including phenoxy) is 1. The fourth-order valence-corrected chi connectivity index (χ4v) is 2.35. The van der Waals surface area contributed by atoms with Crippen LogP contribution in [-0.4, -0.2) is 13.2 Å². The van der Waals surface area contributed by atoms with Crippen molar-refractivity contribution in [3.05, 3.63) is 48.6 Å². The third kappa shape index (κ3) is 3.40. The van der Waals surface area contributed by atoms with Crippen molar-refractivity contribution >= 4 is 5.69 Å². The van der Waals surface area contributed by atoms with E-state index in [1.807, 2.05) is 24.3 Å². The van der Waals surface area contributed by atoms with Crippen molar-refractivity contribution in [2.75, 3.05) is 7.11 Å². The van der Waals surface area contributed by atoms with E-state index in [1.54, 1.807) is 7.11 Å². The van der Waals surface area contributed by atoms with Gasteiger partial charge in [-0.2, -0.15) is 0 Å². The van der Waals surface area contributed by atoms with Crippen molar-refractivity contribution in [2.24, 2.45) is 11.3 Å². The van der Waals surface area contributed by atoms with Crippen LogP contribution in [0.4, 0.5) is 5.69 Å². The van der Waals surface area contributed by atoms with Gasteiger partial charge in [-0.1, -0.05) is 45.1 Å². The summed E-state index contributed by atoms with van der Waals surface area (Å²) in [7, 11) is 1.68. The van der Waals surface area contributed by atoms with Gasteiger partial charge in [-0.05, 0) is 29.7 Å². The molecule has 0 spiro atoms. The van der Waals surface area contributed by atoms with Gasteiger partial charge in [-0.25, -0.2) is 0 Å². The van der Waals surface area contributed by atoms with E-state index in [1.165, 1.54) is 0 Å². The van der Waals surface area contributed by atoms with E-state index in [2.05, 4.69) is 45.1 Å². The second-order valence-electron chi connectivity index (χ2n) is 5.99. The summed E-state index contributed by atoms with van der Waals surface area (Å²) >= 11 is 0. The summed E-state index contributed by atoms with van der Waals surface area (Å²) in [6, 6.07) is 8.19. The summed E-state index contributed by atoms with van der Waals surface area (Å²) in [5, 5.41) is 4.93. The van der Waals surface area contributed by atoms with E-state index in [4.69, 9.17) is 10.1 Å². The van der Waals surface area contributed by atoms with E-state index in [0.29, 0.717) is 5.92 Å². The Morgan fingerprint density at radius 1 is 1.05 bits per heavy atom. The molecule has 0 unspecified atom stereocenters. The Kier molecular flexibility index (Phi) is 3.98. The summed E-state index contributed by atoms with van der Waals surface area (Å²) in [5.74, 6) is 1.26. The molecule has 2 heteroatoms. The van der Waals surface area contributed by atoms with E-state index < -0.39 is 0 Å². The minimum Gasteiger partial charge on any atom is -0.497 e. The van der Waals surface area contributed by atoms with Crippen LogP contribution in [0.3, 0.4) is 0 Å². The molecule has 1 aromatic carbocycles. The van der Waals surface area contributed by atoms with Crippen LogP contribution in [0, 0.1) is 11.3 Å². The molecule has 0 N–H and O–H groups in total. The Morgan fingerprint density at radius 3 is 2.11 bits per heavy atom. The molecule has 2 rings (SSSR count). The average Bonchev–Trinajstić information content (AvgIpc) is 2.88. The van der Waals surface area contributed by atoms with Gasteiger partial charge in [0, 0.05) is 5.92 Å². The van der Waals surface area contributed by atoms with Gasteiger partial charge in [0.25, 0.3) is 0 Å². The lowest BCUT2D eigenvalue weighted by Gasteiger charge is -2.33. The molecule has 2 nitrogen and oxygen atoms in total. The number of allylic oxidation sites excluding steroid dienone is 2. The number of hydrogen-bond donors (Lipinski definition) is 0. The van der Waals surface area contributed by atoms with Gasteiger partial charge >= 0.3 is 0 Å². The molecule has 19 heavy (non-hydrogen) atoms. The molecule has 0 saturated heterocycles. The van der Waals surface area contributed by atoms with Crippen molar-refractivity contribution in [1.29, 1.82) is 0 Å². The first-order valence-corrected chi connectivity index (χ1v) is 6.70. The van der Waals surface area contributed by atoms with Crippen LogP contribution in [0.5, 0.6) is 5.75 Å². The van der Waals surface area contributed by atoms with E-state index in [0.717, 1.165) is 11.4 Å². The minimum atomic E-state index is 0.129. The smallest absolute Gasteiger partial charge is 0.119 e. The van der Waals surface area contributed by atoms with E-state index in [-0.39, 0.29) is 11.5 Å². The van der Waals surface area contributed by atoms with Gasteiger partial charge < -0.3 is 4.74 Å². The molecule has 0 bridgehead atoms. The van der Waals surface area contributed by atoms with Gasteiger partial charge in [-0.3, -0.25) is 5.32 Å². The van der Waals surface area contributed by atoms with Crippen molar-refractivity contribution < 1.29 is 4.74 Å². The highest BCUT2D eigenvalue weighted by atomic mass is 16.5. The SMILES string of the molecule is COc1ccc([N][C@H](C2C=CC=C2)C(C)(C)C)cc1. The zero-order valence-corrected chi connectivity index (χ0v) is 12.1. The largest absolute Gasteiger partial charge is 0.497 e. The second kappa shape index (κ2) is 5.52. The summed E-state index contributed by atoms with van der Waals surface area (Å²) in [6.45, 7) is 6.72. The molecular formula is C17H22NO. The minimum absolute atomic E-state index is 0.129. The van der Waals surface area contributed by atoms with Crippen LogP contribution in [0.25, 0.3) is 0 Å². The Labute approximate surface area is 116 Å². The van der Waals surface area contributed by atoms with Crippen LogP contribution in [0.1, 0.15) is 20.8 Å². The highest BCUT2D eigenvalue weighted by Crippen LogP contribution is 2.32. The molecule has 1 radical (unpaired) electrons. The van der Waals surface area contributed by atoms with Gasteiger partial charge in [0.2, 0.25) is 0 Å². The molecule has 0 aromatic heterocycles. The third-order valence-electron chi connectivity index (χ3n) is 3.39. The first kappa shape index (κ1) is 13.7. The molecule has 1 aliphatic carbocycles. The second-order valence-corrected chi connectivity index (χ2v) is 5.99. The number of methoxy groups -OCH3 is 1. The summed E-state index contributed by atoms with van der Waals surface area (Å²) < 4.78 is 5.18. The quantitative estimate of drug-likeness (QED) is 0.796. The van der Waals surface area contributed by atoms with Crippen molar-refractivity contribution in [3.63, 3.8) is 0 Å². The topological polar surface area (TPSA) is 23.3 Å². The molecule has 0 heterocycles. The number of hydrogen-bond acceptors (Lipinski definition) is 1. The van der Waals surface area contributed by atoms with Crippen LogP contribution in [0.2, 0.25) is 0 Å². The first-order valence-electron chi connectivity index (χ1n) is 6.70. The van der Waals surface area contributed by atoms with Gasteiger partial charge in [0.15, 0.2) is 0 Å². The number of rotatable bonds is 4. The van der Waals surface area contributed by atoms with Crippen molar-refractivity contribution in [2.45, 2.75) is 26.8 Å². The summed E-state index contributed by atoms with van der Waals surface area (Å²) in [4.78, 5) is 0. The lowest BCUT2D eigenvalue weighted by atomic mass is 9.79. The molecule has 0 saturated carbocycles. The van der Waals surface area contributed by atoms with Gasteiger partial charge in [0.1, 0.15) is 5.75 Å². The molecular weight excluding hydrogens is 234 g/mol. The lowest BCUT2D eigenvalue weighted by Crippen LogP contribution is -2.38. The fourth-order valence-electron chi connectivity index (χ4n) is 2.35. The molecule has 0 amide bonds. The number of nitrogens with zero attached hydrogens (tertiary/aromatic N) is 1. The third-order valence-corrected chi connectivity index (χ3v) is 3.39. The zero-order chi connectivity index (χ0) is 13.9. The predicted molar refractivity (Wildman–Crippen MR) is 79.8 cm³/mol.